The number of rotatable bonds is 62. The lowest BCUT2D eigenvalue weighted by Crippen LogP contribution is -2.30. The molecule has 436 valence electrons. The summed E-state index contributed by atoms with van der Waals surface area (Å²) in [6.07, 6.45) is 76.2. The van der Waals surface area contributed by atoms with Crippen molar-refractivity contribution in [2.45, 2.75) is 380 Å². The molecule has 0 saturated heterocycles. The molecule has 0 spiro atoms. The molecule has 6 nitrogen and oxygen atoms in total. The largest absolute Gasteiger partial charge is 0.462 e. The Kier molecular flexibility index (Phi) is 61.6. The third kappa shape index (κ3) is 60.8. The number of carbonyl (C=O) groups is 3. The SMILES string of the molecule is CCCCCCC/C=C\C/C=C\CCCCCCCCCCCCCCCC(=O)OCC(COC(=O)CCCCCCCCCCCCCCCCC)OC(=O)CCCCCCCCCCCCCCCCCC. The maximum Gasteiger partial charge on any atom is 0.306 e. The Morgan fingerprint density at radius 1 is 0.270 bits per heavy atom. The summed E-state index contributed by atoms with van der Waals surface area (Å²) in [4.78, 5) is 38.3. The third-order valence-electron chi connectivity index (χ3n) is 15.2. The van der Waals surface area contributed by atoms with Gasteiger partial charge in [-0.2, -0.15) is 0 Å². The first kappa shape index (κ1) is 71.9. The van der Waals surface area contributed by atoms with E-state index in [2.05, 4.69) is 45.1 Å². The van der Waals surface area contributed by atoms with E-state index in [-0.39, 0.29) is 31.1 Å². The van der Waals surface area contributed by atoms with Crippen LogP contribution in [-0.2, 0) is 28.6 Å². The van der Waals surface area contributed by atoms with Crippen LogP contribution in [-0.4, -0.2) is 37.2 Å². The lowest BCUT2D eigenvalue weighted by Gasteiger charge is -2.18. The summed E-state index contributed by atoms with van der Waals surface area (Å²) in [5.41, 5.74) is 0. The van der Waals surface area contributed by atoms with Gasteiger partial charge in [0.05, 0.1) is 0 Å². The van der Waals surface area contributed by atoms with Crippen LogP contribution in [0.2, 0.25) is 0 Å². The van der Waals surface area contributed by atoms with Gasteiger partial charge in [-0.05, 0) is 51.4 Å². The van der Waals surface area contributed by atoms with Gasteiger partial charge in [-0.25, -0.2) is 0 Å². The number of hydrogen-bond acceptors (Lipinski definition) is 6. The van der Waals surface area contributed by atoms with Gasteiger partial charge in [0, 0.05) is 19.3 Å². The lowest BCUT2D eigenvalue weighted by atomic mass is 10.0. The second kappa shape index (κ2) is 63.4. The number of unbranched alkanes of at least 4 members (excludes halogenated alkanes) is 47. The van der Waals surface area contributed by atoms with Crippen LogP contribution >= 0.6 is 0 Å². The van der Waals surface area contributed by atoms with E-state index in [9.17, 15) is 14.4 Å². The molecule has 0 aliphatic carbocycles. The van der Waals surface area contributed by atoms with Crippen molar-refractivity contribution < 1.29 is 28.6 Å². The minimum Gasteiger partial charge on any atom is -0.462 e. The molecule has 1 atom stereocenters. The van der Waals surface area contributed by atoms with Crippen LogP contribution in [0.15, 0.2) is 24.3 Å². The van der Waals surface area contributed by atoms with Crippen molar-refractivity contribution >= 4 is 17.9 Å². The Morgan fingerprint density at radius 2 is 0.486 bits per heavy atom. The second-order valence-electron chi connectivity index (χ2n) is 22.7. The van der Waals surface area contributed by atoms with Crippen molar-refractivity contribution in [3.05, 3.63) is 24.3 Å². The smallest absolute Gasteiger partial charge is 0.306 e. The van der Waals surface area contributed by atoms with Gasteiger partial charge in [-0.1, -0.05) is 328 Å². The Bertz CT molecular complexity index is 1190. The molecule has 0 fully saturated rings. The molecule has 74 heavy (non-hydrogen) atoms. The maximum absolute atomic E-state index is 12.9. The summed E-state index contributed by atoms with van der Waals surface area (Å²) in [6.45, 7) is 6.71. The monoisotopic (exact) mass is 1040 g/mol. The number of hydrogen-bond donors (Lipinski definition) is 0. The molecule has 0 aromatic carbocycles. The van der Waals surface area contributed by atoms with Crippen LogP contribution in [0.5, 0.6) is 0 Å². The van der Waals surface area contributed by atoms with Gasteiger partial charge >= 0.3 is 17.9 Å². The van der Waals surface area contributed by atoms with Gasteiger partial charge in [0.25, 0.3) is 0 Å². The van der Waals surface area contributed by atoms with Crippen LogP contribution in [0, 0.1) is 0 Å². The van der Waals surface area contributed by atoms with Crippen molar-refractivity contribution in [3.63, 3.8) is 0 Å². The molecule has 0 saturated carbocycles. The predicted molar refractivity (Wildman–Crippen MR) is 321 cm³/mol. The summed E-state index contributed by atoms with van der Waals surface area (Å²) in [5.74, 6) is -0.834. The van der Waals surface area contributed by atoms with E-state index in [4.69, 9.17) is 14.2 Å². The van der Waals surface area contributed by atoms with Crippen molar-refractivity contribution in [2.24, 2.45) is 0 Å². The first-order valence-electron chi connectivity index (χ1n) is 33.3. The second-order valence-corrected chi connectivity index (χ2v) is 22.7. The highest BCUT2D eigenvalue weighted by molar-refractivity contribution is 5.71. The quantitative estimate of drug-likeness (QED) is 0.0261. The van der Waals surface area contributed by atoms with E-state index in [0.717, 1.165) is 64.2 Å². The molecule has 0 aromatic rings. The van der Waals surface area contributed by atoms with Gasteiger partial charge in [-0.15, -0.1) is 0 Å². The van der Waals surface area contributed by atoms with Crippen LogP contribution in [0.3, 0.4) is 0 Å². The van der Waals surface area contributed by atoms with Gasteiger partial charge in [-0.3, -0.25) is 14.4 Å². The zero-order valence-electron chi connectivity index (χ0n) is 50.1. The lowest BCUT2D eigenvalue weighted by molar-refractivity contribution is -0.167. The van der Waals surface area contributed by atoms with Gasteiger partial charge in [0.2, 0.25) is 0 Å². The van der Waals surface area contributed by atoms with Gasteiger partial charge in [0.15, 0.2) is 6.10 Å². The fourth-order valence-corrected chi connectivity index (χ4v) is 10.2. The average Bonchev–Trinajstić information content (AvgIpc) is 3.40. The molecule has 0 bridgehead atoms. The molecule has 0 aliphatic rings. The average molecular weight is 1040 g/mol. The van der Waals surface area contributed by atoms with E-state index < -0.39 is 6.10 Å². The summed E-state index contributed by atoms with van der Waals surface area (Å²) in [7, 11) is 0. The Balaban J connectivity index is 4.24. The molecule has 0 rings (SSSR count). The molecule has 0 N–H and O–H groups in total. The molecule has 1 unspecified atom stereocenters. The van der Waals surface area contributed by atoms with Crippen molar-refractivity contribution in [2.75, 3.05) is 13.2 Å². The molecule has 0 radical (unpaired) electrons. The molecule has 0 amide bonds. The Morgan fingerprint density at radius 3 is 0.743 bits per heavy atom. The van der Waals surface area contributed by atoms with E-state index in [1.54, 1.807) is 0 Å². The Labute approximate surface area is 462 Å². The van der Waals surface area contributed by atoms with Crippen molar-refractivity contribution in [1.82, 2.24) is 0 Å². The molecule has 0 aromatic heterocycles. The number of ether oxygens (including phenoxy) is 3. The molecular weight excluding hydrogens is 913 g/mol. The van der Waals surface area contributed by atoms with Crippen molar-refractivity contribution in [3.8, 4) is 0 Å². The molecule has 0 heterocycles. The highest BCUT2D eigenvalue weighted by atomic mass is 16.6. The fraction of sp³-hybridized carbons (Fsp3) is 0.897. The van der Waals surface area contributed by atoms with Crippen LogP contribution in [0.25, 0.3) is 0 Å². The van der Waals surface area contributed by atoms with E-state index in [1.165, 1.54) is 270 Å². The maximum atomic E-state index is 12.9. The number of carbonyl (C=O) groups excluding carboxylic acids is 3. The minimum absolute atomic E-state index is 0.0643. The standard InChI is InChI=1S/C68H128O6/c1-4-7-10-13-16-19-22-25-28-30-31-32-33-34-35-36-37-38-41-43-46-49-52-55-58-61-67(70)73-64-65(63-72-66(69)60-57-54-51-48-45-42-39-27-24-21-18-15-12-9-6-3)74-68(71)62-59-56-53-50-47-44-40-29-26-23-20-17-14-11-8-5-2/h22,25,30-31,65H,4-21,23-24,26-29,32-64H2,1-3H3/b25-22-,31-30-. The molecule has 6 heteroatoms. The normalized spacial score (nSPS) is 12.1. The summed E-state index contributed by atoms with van der Waals surface area (Å²) in [6, 6.07) is 0. The van der Waals surface area contributed by atoms with E-state index in [1.807, 2.05) is 0 Å². The first-order valence-corrected chi connectivity index (χ1v) is 33.3. The first-order chi connectivity index (χ1) is 36.5. The highest BCUT2D eigenvalue weighted by Gasteiger charge is 2.19. The summed E-state index contributed by atoms with van der Waals surface area (Å²) < 4.78 is 17.0. The van der Waals surface area contributed by atoms with Gasteiger partial charge < -0.3 is 14.2 Å². The molecular formula is C68H128O6. The van der Waals surface area contributed by atoms with Crippen molar-refractivity contribution in [1.29, 1.82) is 0 Å². The minimum atomic E-state index is -0.767. The zero-order valence-corrected chi connectivity index (χ0v) is 50.1. The predicted octanol–water partition coefficient (Wildman–Crippen LogP) is 22.6. The summed E-state index contributed by atoms with van der Waals surface area (Å²) >= 11 is 0. The Hall–Kier alpha value is -2.11. The van der Waals surface area contributed by atoms with E-state index in [0.29, 0.717) is 19.3 Å². The summed E-state index contributed by atoms with van der Waals surface area (Å²) in [5, 5.41) is 0. The van der Waals surface area contributed by atoms with Crippen LogP contribution in [0.1, 0.15) is 374 Å². The molecule has 0 aliphatic heterocycles. The number of allylic oxidation sites excluding steroid dienone is 4. The third-order valence-corrected chi connectivity index (χ3v) is 15.2. The van der Waals surface area contributed by atoms with Crippen LogP contribution < -0.4 is 0 Å². The van der Waals surface area contributed by atoms with Gasteiger partial charge in [0.1, 0.15) is 13.2 Å². The fourth-order valence-electron chi connectivity index (χ4n) is 10.2. The zero-order chi connectivity index (χ0) is 53.6. The van der Waals surface area contributed by atoms with Crippen LogP contribution in [0.4, 0.5) is 0 Å². The number of esters is 3. The van der Waals surface area contributed by atoms with E-state index >= 15 is 0 Å². The topological polar surface area (TPSA) is 78.9 Å². The highest BCUT2D eigenvalue weighted by Crippen LogP contribution is 2.18.